The van der Waals surface area contributed by atoms with E-state index in [4.69, 9.17) is 5.11 Å². The molecule has 2 N–H and O–H groups in total. The van der Waals surface area contributed by atoms with Crippen molar-refractivity contribution in [2.45, 2.75) is 109 Å². The van der Waals surface area contributed by atoms with Crippen LogP contribution in [-0.4, -0.2) is 48.6 Å². The largest absolute Gasteiger partial charge is 0.480 e. The molecular formula is C24H46N2O3. The van der Waals surface area contributed by atoms with Crippen LogP contribution in [0.4, 0.5) is 0 Å². The Labute approximate surface area is 179 Å². The summed E-state index contributed by atoms with van der Waals surface area (Å²) in [6, 6.07) is -0.437. The maximum absolute atomic E-state index is 11.8. The minimum absolute atomic E-state index is 0.128. The van der Waals surface area contributed by atoms with Crippen LogP contribution in [0.2, 0.25) is 0 Å². The number of carbonyl (C=O) groups excluding carboxylic acids is 1. The average Bonchev–Trinajstić information content (AvgIpc) is 2.67. The number of carbonyl (C=O) groups is 2. The number of allylic oxidation sites excluding steroid dienone is 2. The van der Waals surface area contributed by atoms with Crippen LogP contribution in [0.25, 0.3) is 0 Å². The summed E-state index contributed by atoms with van der Waals surface area (Å²) in [6.07, 6.45) is 21.1. The second-order valence-electron chi connectivity index (χ2n) is 8.29. The van der Waals surface area contributed by atoms with Crippen LogP contribution >= 0.6 is 0 Å². The number of aliphatic carboxylic acids is 1. The highest BCUT2D eigenvalue weighted by molar-refractivity contribution is 5.75. The van der Waals surface area contributed by atoms with Gasteiger partial charge in [0.25, 0.3) is 0 Å². The Morgan fingerprint density at radius 3 is 2.03 bits per heavy atom. The maximum Gasteiger partial charge on any atom is 0.320 e. The lowest BCUT2D eigenvalue weighted by Gasteiger charge is -2.19. The lowest BCUT2D eigenvalue weighted by atomic mass is 10.1. The first-order chi connectivity index (χ1) is 14.0. The van der Waals surface area contributed by atoms with Gasteiger partial charge in [0, 0.05) is 13.0 Å². The summed E-state index contributed by atoms with van der Waals surface area (Å²) in [5, 5.41) is 12.1. The molecule has 0 saturated carbocycles. The molecule has 29 heavy (non-hydrogen) atoms. The molecule has 170 valence electrons. The van der Waals surface area contributed by atoms with Crippen molar-refractivity contribution in [1.29, 1.82) is 0 Å². The van der Waals surface area contributed by atoms with Crippen molar-refractivity contribution in [1.82, 2.24) is 10.2 Å². The van der Waals surface area contributed by atoms with E-state index in [1.165, 1.54) is 57.8 Å². The highest BCUT2D eigenvalue weighted by atomic mass is 16.4. The Morgan fingerprint density at radius 2 is 1.45 bits per heavy atom. The van der Waals surface area contributed by atoms with E-state index in [0.717, 1.165) is 25.7 Å². The lowest BCUT2D eigenvalue weighted by Crippen LogP contribution is -2.35. The van der Waals surface area contributed by atoms with Gasteiger partial charge in [0.15, 0.2) is 0 Å². The number of likely N-dealkylation sites (N-methyl/N-ethyl adjacent to an activating group) is 1. The van der Waals surface area contributed by atoms with Crippen molar-refractivity contribution in [2.75, 3.05) is 20.6 Å². The predicted molar refractivity (Wildman–Crippen MR) is 122 cm³/mol. The molecule has 0 heterocycles. The van der Waals surface area contributed by atoms with E-state index in [-0.39, 0.29) is 5.91 Å². The van der Waals surface area contributed by atoms with Crippen LogP contribution in [-0.2, 0) is 9.59 Å². The molecule has 0 unspecified atom stereocenters. The number of carboxylic acid groups (broad SMARTS) is 1. The maximum atomic E-state index is 11.8. The van der Waals surface area contributed by atoms with Gasteiger partial charge in [0.05, 0.1) is 0 Å². The van der Waals surface area contributed by atoms with Gasteiger partial charge < -0.3 is 10.4 Å². The molecule has 5 heteroatoms. The third-order valence-electron chi connectivity index (χ3n) is 5.28. The molecule has 0 aliphatic carbocycles. The Kier molecular flexibility index (Phi) is 19.0. The smallest absolute Gasteiger partial charge is 0.320 e. The van der Waals surface area contributed by atoms with Gasteiger partial charge in [-0.05, 0) is 59.0 Å². The fraction of sp³-hybridized carbons (Fsp3) is 0.833. The molecule has 0 aliphatic heterocycles. The number of hydrogen-bond donors (Lipinski definition) is 2. The van der Waals surface area contributed by atoms with Crippen molar-refractivity contribution in [2.24, 2.45) is 0 Å². The summed E-state index contributed by atoms with van der Waals surface area (Å²) < 4.78 is 0. The van der Waals surface area contributed by atoms with Crippen molar-refractivity contribution in [3.8, 4) is 0 Å². The molecule has 1 atom stereocenters. The Balaban J connectivity index is 3.39. The first-order valence-corrected chi connectivity index (χ1v) is 11.8. The summed E-state index contributed by atoms with van der Waals surface area (Å²) in [4.78, 5) is 24.7. The molecule has 0 fully saturated rings. The molecule has 5 nitrogen and oxygen atoms in total. The van der Waals surface area contributed by atoms with Gasteiger partial charge in [-0.15, -0.1) is 0 Å². The molecule has 0 aromatic heterocycles. The van der Waals surface area contributed by atoms with E-state index < -0.39 is 12.0 Å². The second-order valence-corrected chi connectivity index (χ2v) is 8.29. The first-order valence-electron chi connectivity index (χ1n) is 11.8. The molecule has 1 amide bonds. The van der Waals surface area contributed by atoms with Crippen LogP contribution in [0.1, 0.15) is 103 Å². The molecule has 0 aromatic rings. The van der Waals surface area contributed by atoms with E-state index >= 15 is 0 Å². The van der Waals surface area contributed by atoms with Gasteiger partial charge in [-0.3, -0.25) is 14.5 Å². The quantitative estimate of drug-likeness (QED) is 0.204. The third-order valence-corrected chi connectivity index (χ3v) is 5.28. The topological polar surface area (TPSA) is 69.6 Å². The minimum Gasteiger partial charge on any atom is -0.480 e. The van der Waals surface area contributed by atoms with Crippen LogP contribution in [0.15, 0.2) is 12.2 Å². The number of carboxylic acids is 1. The zero-order valence-electron chi connectivity index (χ0n) is 19.3. The number of nitrogens with one attached hydrogen (secondary N) is 1. The molecule has 0 radical (unpaired) electrons. The summed E-state index contributed by atoms with van der Waals surface area (Å²) in [5.74, 6) is -0.651. The van der Waals surface area contributed by atoms with E-state index in [0.29, 0.717) is 19.4 Å². The first kappa shape index (κ1) is 27.6. The van der Waals surface area contributed by atoms with Crippen LogP contribution < -0.4 is 5.32 Å². The standard InChI is InChI=1S/C24H46N2O3/c1-4-5-6-7-8-9-10-11-12-13-14-15-16-20-23(27)25-21-18-17-19-22(24(28)29)26(2)3/h6-7,22H,4-5,8-21H2,1-3H3,(H,25,27)(H,28,29)/b7-6+/t22-/m0/s1. The SMILES string of the molecule is CCC/C=C/CCCCCCCCCCC(=O)NCCCC[C@@H](C(=O)O)N(C)C. The number of hydrogen-bond acceptors (Lipinski definition) is 3. The fourth-order valence-electron chi connectivity index (χ4n) is 3.39. The lowest BCUT2D eigenvalue weighted by molar-refractivity contribution is -0.142. The van der Waals surface area contributed by atoms with Gasteiger partial charge in [-0.1, -0.05) is 64.0 Å². The van der Waals surface area contributed by atoms with Crippen LogP contribution in [0.3, 0.4) is 0 Å². The molecular weight excluding hydrogens is 364 g/mol. The molecule has 0 aromatic carbocycles. The number of nitrogens with zero attached hydrogens (tertiary/aromatic N) is 1. The summed E-state index contributed by atoms with van der Waals surface area (Å²) in [7, 11) is 3.57. The average molecular weight is 411 g/mol. The van der Waals surface area contributed by atoms with Gasteiger partial charge >= 0.3 is 5.97 Å². The zero-order valence-corrected chi connectivity index (χ0v) is 19.3. The number of rotatable bonds is 20. The number of amides is 1. The van der Waals surface area contributed by atoms with Gasteiger partial charge in [0.1, 0.15) is 6.04 Å². The summed E-state index contributed by atoms with van der Waals surface area (Å²) >= 11 is 0. The predicted octanol–water partition coefficient (Wildman–Crippen LogP) is 5.55. The van der Waals surface area contributed by atoms with E-state index in [1.807, 2.05) is 0 Å². The van der Waals surface area contributed by atoms with Crippen LogP contribution in [0.5, 0.6) is 0 Å². The van der Waals surface area contributed by atoms with Crippen molar-refractivity contribution < 1.29 is 14.7 Å². The minimum atomic E-state index is -0.779. The molecule has 0 saturated heterocycles. The molecule has 0 spiro atoms. The highest BCUT2D eigenvalue weighted by Gasteiger charge is 2.18. The Bertz CT molecular complexity index is 436. The zero-order chi connectivity index (χ0) is 21.7. The Morgan fingerprint density at radius 1 is 0.862 bits per heavy atom. The van der Waals surface area contributed by atoms with Gasteiger partial charge in [0.2, 0.25) is 5.91 Å². The van der Waals surface area contributed by atoms with Gasteiger partial charge in [-0.2, -0.15) is 0 Å². The van der Waals surface area contributed by atoms with Gasteiger partial charge in [-0.25, -0.2) is 0 Å². The highest BCUT2D eigenvalue weighted by Crippen LogP contribution is 2.11. The molecule has 0 bridgehead atoms. The number of unbranched alkanes of at least 4 members (excludes halogenated alkanes) is 10. The summed E-state index contributed by atoms with van der Waals surface area (Å²) in [5.41, 5.74) is 0. The normalized spacial score (nSPS) is 12.6. The summed E-state index contributed by atoms with van der Waals surface area (Å²) in [6.45, 7) is 2.86. The van der Waals surface area contributed by atoms with E-state index in [2.05, 4.69) is 24.4 Å². The monoisotopic (exact) mass is 410 g/mol. The second kappa shape index (κ2) is 19.9. The Hall–Kier alpha value is -1.36. The van der Waals surface area contributed by atoms with Crippen molar-refractivity contribution >= 4 is 11.9 Å². The van der Waals surface area contributed by atoms with E-state index in [9.17, 15) is 9.59 Å². The van der Waals surface area contributed by atoms with E-state index in [1.54, 1.807) is 19.0 Å². The third kappa shape index (κ3) is 18.4. The van der Waals surface area contributed by atoms with Crippen molar-refractivity contribution in [3.63, 3.8) is 0 Å². The van der Waals surface area contributed by atoms with Crippen molar-refractivity contribution in [3.05, 3.63) is 12.2 Å². The fourth-order valence-corrected chi connectivity index (χ4v) is 3.39. The van der Waals surface area contributed by atoms with Crippen LogP contribution in [0, 0.1) is 0 Å². The molecule has 0 aliphatic rings. The molecule has 0 rings (SSSR count).